The second-order valence-electron chi connectivity index (χ2n) is 4.01. The van der Waals surface area contributed by atoms with Crippen LogP contribution in [0.5, 0.6) is 0 Å². The van der Waals surface area contributed by atoms with Crippen LogP contribution in [0.3, 0.4) is 0 Å². The maximum atomic E-state index is 5.64. The van der Waals surface area contributed by atoms with Crippen molar-refractivity contribution in [3.8, 4) is 0 Å². The molecule has 0 atom stereocenters. The molecule has 0 aromatic heterocycles. The molecule has 17 heavy (non-hydrogen) atoms. The number of benzene rings is 1. The Kier molecular flexibility index (Phi) is 5.10. The second kappa shape index (κ2) is 6.35. The van der Waals surface area contributed by atoms with Crippen molar-refractivity contribution in [2.75, 3.05) is 5.32 Å². The predicted molar refractivity (Wildman–Crippen MR) is 79.3 cm³/mol. The van der Waals surface area contributed by atoms with Crippen LogP contribution in [0.25, 0.3) is 0 Å². The number of nitrogens with two attached hydrogens (primary N) is 1. The Bertz CT molecular complexity index is 438. The van der Waals surface area contributed by atoms with Gasteiger partial charge in [0.2, 0.25) is 0 Å². The molecule has 1 aromatic carbocycles. The fourth-order valence-corrected chi connectivity index (χ4v) is 1.62. The smallest absolute Gasteiger partial charge is 0.104 e. The van der Waals surface area contributed by atoms with E-state index in [-0.39, 0.29) is 0 Å². The largest absolute Gasteiger partial charge is 0.387 e. The topological polar surface area (TPSA) is 50.4 Å². The molecule has 0 saturated heterocycles. The van der Waals surface area contributed by atoms with Crippen molar-refractivity contribution < 1.29 is 0 Å². The van der Waals surface area contributed by atoms with Crippen molar-refractivity contribution in [1.29, 1.82) is 0 Å². The zero-order chi connectivity index (χ0) is 12.8. The standard InChI is InChI=1S/C10H11N3S.C3H8/c1-6(14)12-8-2-3-9-7(4-8)5-10(11)13-9;1-3-2/h2-4H,5H2,1H3,(H2,11,13)(H,12,14);3H2,1-2H3. The van der Waals surface area contributed by atoms with Crippen molar-refractivity contribution >= 4 is 34.4 Å². The van der Waals surface area contributed by atoms with E-state index >= 15 is 0 Å². The molecular weight excluding hydrogens is 230 g/mol. The van der Waals surface area contributed by atoms with Gasteiger partial charge in [0.05, 0.1) is 10.7 Å². The number of nitrogens with zero attached hydrogens (tertiary/aromatic N) is 1. The van der Waals surface area contributed by atoms with Crippen molar-refractivity contribution in [3.05, 3.63) is 23.8 Å². The lowest BCUT2D eigenvalue weighted by atomic mass is 10.1. The third kappa shape index (κ3) is 4.15. The summed E-state index contributed by atoms with van der Waals surface area (Å²) in [5, 5.41) is 3.09. The normalized spacial score (nSPS) is 12.1. The van der Waals surface area contributed by atoms with Gasteiger partial charge in [0.15, 0.2) is 0 Å². The molecule has 3 N–H and O–H groups in total. The van der Waals surface area contributed by atoms with Crippen LogP contribution < -0.4 is 11.1 Å². The minimum Gasteiger partial charge on any atom is -0.387 e. The van der Waals surface area contributed by atoms with E-state index in [4.69, 9.17) is 18.0 Å². The number of thiocarbonyl (C=S) groups is 1. The van der Waals surface area contributed by atoms with Crippen LogP contribution in [0.15, 0.2) is 23.2 Å². The Hall–Kier alpha value is -1.42. The van der Waals surface area contributed by atoms with Gasteiger partial charge in [0, 0.05) is 12.1 Å². The number of hydrogen-bond donors (Lipinski definition) is 2. The van der Waals surface area contributed by atoms with Gasteiger partial charge in [-0.1, -0.05) is 32.5 Å². The first-order chi connectivity index (χ1) is 8.06. The zero-order valence-corrected chi connectivity index (χ0v) is 11.4. The van der Waals surface area contributed by atoms with Gasteiger partial charge in [0.1, 0.15) is 5.84 Å². The summed E-state index contributed by atoms with van der Waals surface area (Å²) >= 11 is 4.96. The molecule has 1 aliphatic heterocycles. The Morgan fingerprint density at radius 1 is 1.47 bits per heavy atom. The number of anilines is 1. The summed E-state index contributed by atoms with van der Waals surface area (Å²) in [5.41, 5.74) is 8.77. The minimum absolute atomic E-state index is 0.677. The van der Waals surface area contributed by atoms with Crippen molar-refractivity contribution in [2.24, 2.45) is 10.7 Å². The number of aliphatic imine (C=N–C) groups is 1. The summed E-state index contributed by atoms with van der Waals surface area (Å²) in [5.74, 6) is 0.677. The van der Waals surface area contributed by atoms with Gasteiger partial charge in [-0.3, -0.25) is 0 Å². The lowest BCUT2D eigenvalue weighted by Crippen LogP contribution is -2.10. The number of hydrogen-bond acceptors (Lipinski definition) is 3. The number of nitrogens with one attached hydrogen (secondary N) is 1. The monoisotopic (exact) mass is 249 g/mol. The van der Waals surface area contributed by atoms with Crippen LogP contribution >= 0.6 is 12.2 Å². The van der Waals surface area contributed by atoms with Gasteiger partial charge >= 0.3 is 0 Å². The third-order valence-corrected chi connectivity index (χ3v) is 2.14. The molecular formula is C13H19N3S. The van der Waals surface area contributed by atoms with Crippen molar-refractivity contribution in [3.63, 3.8) is 0 Å². The molecule has 92 valence electrons. The summed E-state index contributed by atoms with van der Waals surface area (Å²) in [6.07, 6.45) is 1.99. The van der Waals surface area contributed by atoms with Crippen LogP contribution in [0.2, 0.25) is 0 Å². The first-order valence-electron chi connectivity index (χ1n) is 5.80. The van der Waals surface area contributed by atoms with E-state index in [2.05, 4.69) is 24.2 Å². The summed E-state index contributed by atoms with van der Waals surface area (Å²) in [4.78, 5) is 4.97. The van der Waals surface area contributed by atoms with E-state index in [0.29, 0.717) is 5.84 Å². The molecule has 3 nitrogen and oxygen atoms in total. The average Bonchev–Trinajstić information content (AvgIpc) is 2.57. The average molecular weight is 249 g/mol. The molecule has 4 heteroatoms. The van der Waals surface area contributed by atoms with Crippen molar-refractivity contribution in [2.45, 2.75) is 33.6 Å². The van der Waals surface area contributed by atoms with Crippen LogP contribution in [-0.4, -0.2) is 10.8 Å². The molecule has 0 fully saturated rings. The van der Waals surface area contributed by atoms with Gasteiger partial charge in [-0.05, 0) is 30.7 Å². The van der Waals surface area contributed by atoms with Gasteiger partial charge < -0.3 is 11.1 Å². The highest BCUT2D eigenvalue weighted by Gasteiger charge is 2.11. The molecule has 1 heterocycles. The fourth-order valence-electron chi connectivity index (χ4n) is 1.51. The first kappa shape index (κ1) is 13.6. The number of amidine groups is 1. The number of fused-ring (bicyclic) bond motifs is 1. The second-order valence-corrected chi connectivity index (χ2v) is 4.62. The van der Waals surface area contributed by atoms with E-state index in [0.717, 1.165) is 28.3 Å². The Labute approximate surface area is 108 Å². The molecule has 0 saturated carbocycles. The van der Waals surface area contributed by atoms with E-state index in [9.17, 15) is 0 Å². The summed E-state index contributed by atoms with van der Waals surface area (Å²) < 4.78 is 0. The fraction of sp³-hybridized carbons (Fsp3) is 0.385. The highest BCUT2D eigenvalue weighted by atomic mass is 32.1. The molecule has 1 aliphatic rings. The van der Waals surface area contributed by atoms with Gasteiger partial charge in [-0.15, -0.1) is 0 Å². The van der Waals surface area contributed by atoms with Gasteiger partial charge in [-0.25, -0.2) is 4.99 Å². The minimum atomic E-state index is 0.677. The lowest BCUT2D eigenvalue weighted by molar-refractivity contribution is 1.09. The molecule has 0 unspecified atom stereocenters. The van der Waals surface area contributed by atoms with Gasteiger partial charge in [-0.2, -0.15) is 0 Å². The Balaban J connectivity index is 0.000000437. The molecule has 0 aliphatic carbocycles. The molecule has 2 rings (SSSR count). The van der Waals surface area contributed by atoms with E-state index < -0.39 is 0 Å². The van der Waals surface area contributed by atoms with E-state index in [1.54, 1.807) is 0 Å². The van der Waals surface area contributed by atoms with Crippen LogP contribution in [-0.2, 0) is 6.42 Å². The van der Waals surface area contributed by atoms with Crippen LogP contribution in [0.4, 0.5) is 11.4 Å². The predicted octanol–water partition coefficient (Wildman–Crippen LogP) is 3.41. The molecule has 1 aromatic rings. The quantitative estimate of drug-likeness (QED) is 0.750. The summed E-state index contributed by atoms with van der Waals surface area (Å²) in [6.45, 7) is 6.10. The molecule has 0 radical (unpaired) electrons. The third-order valence-electron chi connectivity index (χ3n) is 2.04. The highest BCUT2D eigenvalue weighted by molar-refractivity contribution is 7.80. The van der Waals surface area contributed by atoms with Crippen molar-refractivity contribution in [1.82, 2.24) is 0 Å². The Morgan fingerprint density at radius 3 is 2.71 bits per heavy atom. The van der Waals surface area contributed by atoms with E-state index in [1.807, 2.05) is 25.1 Å². The van der Waals surface area contributed by atoms with Crippen LogP contribution in [0.1, 0.15) is 32.8 Å². The summed E-state index contributed by atoms with van der Waals surface area (Å²) in [6, 6.07) is 5.95. The van der Waals surface area contributed by atoms with E-state index in [1.165, 1.54) is 6.42 Å². The van der Waals surface area contributed by atoms with Crippen LogP contribution in [0, 0.1) is 0 Å². The Morgan fingerprint density at radius 2 is 2.12 bits per heavy atom. The number of rotatable bonds is 1. The lowest BCUT2D eigenvalue weighted by Gasteiger charge is -2.05. The highest BCUT2D eigenvalue weighted by Crippen LogP contribution is 2.28. The maximum absolute atomic E-state index is 5.64. The molecule has 0 spiro atoms. The molecule has 0 amide bonds. The van der Waals surface area contributed by atoms with Gasteiger partial charge in [0.25, 0.3) is 0 Å². The SMILES string of the molecule is CC(=S)Nc1ccc2c(c1)CC(N)=N2.CCC. The first-order valence-corrected chi connectivity index (χ1v) is 6.21. The summed E-state index contributed by atoms with van der Waals surface area (Å²) in [7, 11) is 0. The maximum Gasteiger partial charge on any atom is 0.104 e. The molecule has 0 bridgehead atoms. The zero-order valence-electron chi connectivity index (χ0n) is 10.6.